The minimum Gasteiger partial charge on any atom is -0.427 e. The first kappa shape index (κ1) is 18.9. The first-order valence-electron chi connectivity index (χ1n) is 9.27. The number of hydrogen-bond acceptors (Lipinski definition) is 8. The molecule has 0 bridgehead atoms. The monoisotopic (exact) mass is 395 g/mol. The van der Waals surface area contributed by atoms with E-state index in [9.17, 15) is 14.9 Å². The van der Waals surface area contributed by atoms with E-state index in [2.05, 4.69) is 15.3 Å². The lowest BCUT2D eigenvalue weighted by molar-refractivity contribution is -0.383. The van der Waals surface area contributed by atoms with Gasteiger partial charge in [0.25, 0.3) is 5.69 Å². The molecular weight excluding hydrogens is 374 g/mol. The van der Waals surface area contributed by atoms with Gasteiger partial charge in [-0.15, -0.1) is 0 Å². The van der Waals surface area contributed by atoms with Crippen LogP contribution in [-0.4, -0.2) is 48.0 Å². The Kier molecular flexibility index (Phi) is 4.67. The van der Waals surface area contributed by atoms with Gasteiger partial charge >= 0.3 is 5.97 Å². The summed E-state index contributed by atoms with van der Waals surface area (Å²) in [5.41, 5.74) is 5.88. The highest BCUT2D eigenvalue weighted by molar-refractivity contribution is 6.18. The lowest BCUT2D eigenvalue weighted by atomic mass is 10.1. The van der Waals surface area contributed by atoms with Crippen LogP contribution in [0.5, 0.6) is 5.75 Å². The Morgan fingerprint density at radius 2 is 2.10 bits per heavy atom. The number of esters is 1. The van der Waals surface area contributed by atoms with Gasteiger partial charge in [-0.1, -0.05) is 0 Å². The number of nitro benzene ring substituents is 1. The molecule has 2 heterocycles. The summed E-state index contributed by atoms with van der Waals surface area (Å²) in [5.74, 6) is -0.00800. The first-order valence-corrected chi connectivity index (χ1v) is 9.27. The second-order valence-corrected chi connectivity index (χ2v) is 7.26. The number of nitrogens with one attached hydrogen (secondary N) is 1. The number of nitro groups is 1. The molecular formula is C20H21N5O4. The third kappa shape index (κ3) is 3.40. The number of hydrogen-bond donors (Lipinski definition) is 1. The standard InChI is InChI=1S/C20H21N5O4/c1-12(26)29-13-5-6-15-14(11-13)19-18-16(24(22-19)10-4-9-23(2)3)7-8-17(25(27)28)20(18)21-15/h5-8,11,22H,4,9-10H2,1-3H3. The molecule has 3 aromatic rings. The Labute approximate surface area is 167 Å². The maximum atomic E-state index is 11.6. The molecule has 0 saturated carbocycles. The lowest BCUT2D eigenvalue weighted by Crippen LogP contribution is -2.29. The molecule has 0 aliphatic carbocycles. The van der Waals surface area contributed by atoms with Gasteiger partial charge in [0, 0.05) is 24.9 Å². The summed E-state index contributed by atoms with van der Waals surface area (Å²) in [6.07, 6.45) is 0.913. The summed E-state index contributed by atoms with van der Waals surface area (Å²) in [7, 11) is 4.04. The Hall–Kier alpha value is -3.46. The average molecular weight is 395 g/mol. The highest BCUT2D eigenvalue weighted by Crippen LogP contribution is 2.45. The summed E-state index contributed by atoms with van der Waals surface area (Å²) >= 11 is 0. The van der Waals surface area contributed by atoms with Crippen LogP contribution >= 0.6 is 0 Å². The van der Waals surface area contributed by atoms with Crippen molar-refractivity contribution in [2.24, 2.45) is 0 Å². The smallest absolute Gasteiger partial charge is 0.308 e. The van der Waals surface area contributed by atoms with Gasteiger partial charge in [0.2, 0.25) is 0 Å². The molecule has 1 aliphatic rings. The SMILES string of the molecule is CC(=O)Oc1ccc2nc3c([N+](=O)[O-])ccc4c3c(c2c1)NN4CCCN(C)C. The maximum Gasteiger partial charge on any atom is 0.308 e. The molecule has 0 unspecified atom stereocenters. The number of non-ortho nitro benzene ring substituents is 1. The molecule has 0 fully saturated rings. The molecule has 1 N–H and O–H groups in total. The molecule has 0 spiro atoms. The van der Waals surface area contributed by atoms with Gasteiger partial charge in [-0.05, 0) is 51.3 Å². The molecule has 2 aromatic carbocycles. The Balaban J connectivity index is 1.88. The predicted molar refractivity (Wildman–Crippen MR) is 111 cm³/mol. The van der Waals surface area contributed by atoms with Crippen LogP contribution < -0.4 is 15.2 Å². The summed E-state index contributed by atoms with van der Waals surface area (Å²) in [5, 5.41) is 15.0. The highest BCUT2D eigenvalue weighted by Gasteiger charge is 2.28. The van der Waals surface area contributed by atoms with Crippen molar-refractivity contribution in [3.05, 3.63) is 40.4 Å². The summed E-state index contributed by atoms with van der Waals surface area (Å²) in [6.45, 7) is 2.99. The van der Waals surface area contributed by atoms with Gasteiger partial charge in [-0.2, -0.15) is 0 Å². The van der Waals surface area contributed by atoms with Crippen LogP contribution in [0, 0.1) is 10.1 Å². The van der Waals surface area contributed by atoms with Crippen molar-refractivity contribution >= 4 is 44.8 Å². The van der Waals surface area contributed by atoms with Gasteiger partial charge < -0.3 is 9.64 Å². The number of rotatable bonds is 6. The molecule has 150 valence electrons. The van der Waals surface area contributed by atoms with E-state index in [4.69, 9.17) is 4.74 Å². The van der Waals surface area contributed by atoms with Crippen molar-refractivity contribution in [2.75, 3.05) is 37.6 Å². The number of nitrogens with zero attached hydrogens (tertiary/aromatic N) is 4. The third-order valence-corrected chi connectivity index (χ3v) is 4.84. The number of anilines is 2. The summed E-state index contributed by atoms with van der Waals surface area (Å²) in [6, 6.07) is 8.32. The van der Waals surface area contributed by atoms with Gasteiger partial charge in [-0.25, -0.2) is 4.98 Å². The molecule has 1 aromatic heterocycles. The topological polar surface area (TPSA) is 101 Å². The van der Waals surface area contributed by atoms with Crippen LogP contribution in [0.1, 0.15) is 13.3 Å². The van der Waals surface area contributed by atoms with Crippen molar-refractivity contribution in [2.45, 2.75) is 13.3 Å². The number of benzene rings is 2. The van der Waals surface area contributed by atoms with Gasteiger partial charge in [-0.3, -0.25) is 25.3 Å². The zero-order chi connectivity index (χ0) is 20.7. The average Bonchev–Trinajstić information content (AvgIpc) is 3.01. The number of fused-ring (bicyclic) bond motifs is 2. The minimum atomic E-state index is -0.413. The van der Waals surface area contributed by atoms with E-state index >= 15 is 0 Å². The van der Waals surface area contributed by atoms with Crippen molar-refractivity contribution in [3.63, 3.8) is 0 Å². The van der Waals surface area contributed by atoms with Crippen molar-refractivity contribution in [1.29, 1.82) is 0 Å². The molecule has 29 heavy (non-hydrogen) atoms. The Bertz CT molecular complexity index is 1140. The van der Waals surface area contributed by atoms with Crippen molar-refractivity contribution in [1.82, 2.24) is 9.88 Å². The minimum absolute atomic E-state index is 0.0343. The molecule has 0 atom stereocenters. The fourth-order valence-corrected chi connectivity index (χ4v) is 3.63. The molecule has 0 amide bonds. The number of ether oxygens (including phenoxy) is 1. The van der Waals surface area contributed by atoms with Crippen LogP contribution in [0.4, 0.5) is 17.1 Å². The number of pyridine rings is 1. The van der Waals surface area contributed by atoms with Crippen LogP contribution in [0.2, 0.25) is 0 Å². The van der Waals surface area contributed by atoms with Gasteiger partial charge in [0.05, 0.1) is 27.2 Å². The second-order valence-electron chi connectivity index (χ2n) is 7.26. The molecule has 9 nitrogen and oxygen atoms in total. The van der Waals surface area contributed by atoms with Crippen LogP contribution in [-0.2, 0) is 4.79 Å². The molecule has 4 rings (SSSR count). The van der Waals surface area contributed by atoms with E-state index in [0.29, 0.717) is 22.2 Å². The van der Waals surface area contributed by atoms with E-state index in [1.165, 1.54) is 13.0 Å². The van der Waals surface area contributed by atoms with Crippen molar-refractivity contribution < 1.29 is 14.5 Å². The fourth-order valence-electron chi connectivity index (χ4n) is 3.63. The zero-order valence-electron chi connectivity index (χ0n) is 16.4. The van der Waals surface area contributed by atoms with Gasteiger partial charge in [0.15, 0.2) is 5.52 Å². The predicted octanol–water partition coefficient (Wildman–Crippen LogP) is 3.32. The number of carbonyl (C=O) groups excluding carboxylic acids is 1. The van der Waals surface area contributed by atoms with E-state index in [-0.39, 0.29) is 5.69 Å². The van der Waals surface area contributed by atoms with Gasteiger partial charge in [0.1, 0.15) is 5.75 Å². The summed E-state index contributed by atoms with van der Waals surface area (Å²) in [4.78, 5) is 29.2. The molecule has 9 heteroatoms. The van der Waals surface area contributed by atoms with E-state index in [1.807, 2.05) is 19.1 Å². The number of carbonyl (C=O) groups is 1. The lowest BCUT2D eigenvalue weighted by Gasteiger charge is -2.21. The summed E-state index contributed by atoms with van der Waals surface area (Å²) < 4.78 is 5.21. The second kappa shape index (κ2) is 7.17. The quantitative estimate of drug-likeness (QED) is 0.223. The third-order valence-electron chi connectivity index (χ3n) is 4.84. The molecule has 1 aliphatic heterocycles. The maximum absolute atomic E-state index is 11.6. The molecule has 0 saturated heterocycles. The largest absolute Gasteiger partial charge is 0.427 e. The van der Waals surface area contributed by atoms with Crippen LogP contribution in [0.3, 0.4) is 0 Å². The van der Waals surface area contributed by atoms with Crippen molar-refractivity contribution in [3.8, 4) is 5.75 Å². The number of hydrazine groups is 1. The Morgan fingerprint density at radius 1 is 1.31 bits per heavy atom. The van der Waals surface area contributed by atoms with E-state index in [1.54, 1.807) is 24.3 Å². The zero-order valence-corrected chi connectivity index (χ0v) is 16.4. The highest BCUT2D eigenvalue weighted by atomic mass is 16.6. The number of aromatic nitrogens is 1. The van der Waals surface area contributed by atoms with Crippen LogP contribution in [0.25, 0.3) is 21.8 Å². The van der Waals surface area contributed by atoms with Crippen LogP contribution in [0.15, 0.2) is 30.3 Å². The van der Waals surface area contributed by atoms with E-state index < -0.39 is 10.9 Å². The first-order chi connectivity index (χ1) is 13.8. The Morgan fingerprint density at radius 3 is 2.79 bits per heavy atom. The normalized spacial score (nSPS) is 12.6. The molecule has 0 radical (unpaired) electrons. The fraction of sp³-hybridized carbons (Fsp3) is 0.300. The van der Waals surface area contributed by atoms with E-state index in [0.717, 1.165) is 36.3 Å².